The van der Waals surface area contributed by atoms with Gasteiger partial charge in [0.05, 0.1) is 6.61 Å². The van der Waals surface area contributed by atoms with Crippen molar-refractivity contribution in [2.24, 2.45) is 0 Å². The summed E-state index contributed by atoms with van der Waals surface area (Å²) in [6.07, 6.45) is 21.0. The smallest absolute Gasteiger partial charge is 0.305 e. The number of hydrogen-bond donors (Lipinski definition) is 0. The fourth-order valence-corrected chi connectivity index (χ4v) is 3.32. The van der Waals surface area contributed by atoms with Crippen LogP contribution in [0.4, 0.5) is 0 Å². The van der Waals surface area contributed by atoms with Crippen LogP contribution in [-0.4, -0.2) is 17.9 Å². The molecule has 24 heavy (non-hydrogen) atoms. The van der Waals surface area contributed by atoms with Gasteiger partial charge in [-0.3, -0.25) is 4.79 Å². The van der Waals surface area contributed by atoms with E-state index in [4.69, 9.17) is 4.74 Å². The summed E-state index contributed by atoms with van der Waals surface area (Å²) in [6, 6.07) is 0. The minimum Gasteiger partial charge on any atom is -0.466 e. The number of esters is 1. The first-order valence-electron chi connectivity index (χ1n) is 10.5. The number of hydrogen-bond acceptors (Lipinski definition) is 2. The van der Waals surface area contributed by atoms with Gasteiger partial charge in [-0.1, -0.05) is 106 Å². The molecular weight excluding hydrogens is 364 g/mol. The maximum atomic E-state index is 11.6. The Balaban J connectivity index is 3.13. The van der Waals surface area contributed by atoms with Crippen molar-refractivity contribution >= 4 is 21.9 Å². The van der Waals surface area contributed by atoms with Gasteiger partial charge in [-0.05, 0) is 19.3 Å². The average molecular weight is 405 g/mol. The summed E-state index contributed by atoms with van der Waals surface area (Å²) in [4.78, 5) is 11.6. The van der Waals surface area contributed by atoms with E-state index in [1.165, 1.54) is 89.9 Å². The SMILES string of the molecule is CCCCCCCCCCCOC(=O)CCCCCCCCCBr. The van der Waals surface area contributed by atoms with Crippen molar-refractivity contribution in [1.29, 1.82) is 0 Å². The Kier molecular flexibility index (Phi) is 20.9. The number of unbranched alkanes of at least 4 members (excludes halogenated alkanes) is 14. The molecule has 0 spiro atoms. The molecule has 3 heteroatoms. The summed E-state index contributed by atoms with van der Waals surface area (Å²) in [5.41, 5.74) is 0. The Morgan fingerprint density at radius 2 is 1.12 bits per heavy atom. The van der Waals surface area contributed by atoms with Crippen LogP contribution in [0.2, 0.25) is 0 Å². The zero-order valence-electron chi connectivity index (χ0n) is 16.1. The van der Waals surface area contributed by atoms with Gasteiger partial charge in [-0.15, -0.1) is 0 Å². The normalized spacial score (nSPS) is 10.9. The van der Waals surface area contributed by atoms with Gasteiger partial charge in [0.25, 0.3) is 0 Å². The Bertz CT molecular complexity index is 256. The summed E-state index contributed by atoms with van der Waals surface area (Å²) in [6.45, 7) is 2.88. The van der Waals surface area contributed by atoms with Crippen molar-refractivity contribution in [3.8, 4) is 0 Å². The standard InChI is InChI=1S/C21H41BrO2/c1-2-3-4-5-6-7-11-14-17-20-24-21(23)18-15-12-9-8-10-13-16-19-22/h2-20H2,1H3. The highest BCUT2D eigenvalue weighted by Gasteiger charge is 2.02. The van der Waals surface area contributed by atoms with E-state index >= 15 is 0 Å². The third-order valence-electron chi connectivity index (χ3n) is 4.53. The Hall–Kier alpha value is -0.0500. The molecular formula is C21H41BrO2. The van der Waals surface area contributed by atoms with Gasteiger partial charge in [-0.25, -0.2) is 0 Å². The van der Waals surface area contributed by atoms with E-state index in [2.05, 4.69) is 22.9 Å². The highest BCUT2D eigenvalue weighted by atomic mass is 79.9. The minimum atomic E-state index is 0.00820. The zero-order valence-corrected chi connectivity index (χ0v) is 17.7. The lowest BCUT2D eigenvalue weighted by Gasteiger charge is -2.05. The molecule has 0 N–H and O–H groups in total. The van der Waals surface area contributed by atoms with E-state index in [1.54, 1.807) is 0 Å². The van der Waals surface area contributed by atoms with Crippen LogP contribution in [0.25, 0.3) is 0 Å². The molecule has 0 saturated heterocycles. The Morgan fingerprint density at radius 3 is 1.67 bits per heavy atom. The van der Waals surface area contributed by atoms with Crippen LogP contribution >= 0.6 is 15.9 Å². The quantitative estimate of drug-likeness (QED) is 0.126. The summed E-state index contributed by atoms with van der Waals surface area (Å²) in [7, 11) is 0. The lowest BCUT2D eigenvalue weighted by molar-refractivity contribution is -0.143. The maximum absolute atomic E-state index is 11.6. The first-order valence-corrected chi connectivity index (χ1v) is 11.6. The molecule has 0 aliphatic carbocycles. The lowest BCUT2D eigenvalue weighted by atomic mass is 10.1. The van der Waals surface area contributed by atoms with Crippen molar-refractivity contribution in [2.45, 2.75) is 116 Å². The molecule has 0 bridgehead atoms. The van der Waals surface area contributed by atoms with Crippen molar-refractivity contribution in [3.63, 3.8) is 0 Å². The first-order chi connectivity index (χ1) is 11.8. The molecule has 0 amide bonds. The molecule has 0 fully saturated rings. The van der Waals surface area contributed by atoms with E-state index in [0.29, 0.717) is 13.0 Å². The van der Waals surface area contributed by atoms with Gasteiger partial charge < -0.3 is 4.74 Å². The summed E-state index contributed by atoms with van der Waals surface area (Å²) < 4.78 is 5.32. The number of halogens is 1. The van der Waals surface area contributed by atoms with Gasteiger partial charge in [0.1, 0.15) is 0 Å². The molecule has 0 rings (SSSR count). The third-order valence-corrected chi connectivity index (χ3v) is 5.09. The second-order valence-electron chi connectivity index (χ2n) is 6.96. The van der Waals surface area contributed by atoms with Gasteiger partial charge >= 0.3 is 5.97 Å². The van der Waals surface area contributed by atoms with Crippen LogP contribution < -0.4 is 0 Å². The molecule has 0 aromatic carbocycles. The Morgan fingerprint density at radius 1 is 0.667 bits per heavy atom. The molecule has 0 unspecified atom stereocenters. The monoisotopic (exact) mass is 404 g/mol. The number of alkyl halides is 1. The Labute approximate surface area is 159 Å². The highest BCUT2D eigenvalue weighted by Crippen LogP contribution is 2.11. The fraction of sp³-hybridized carbons (Fsp3) is 0.952. The van der Waals surface area contributed by atoms with Gasteiger partial charge in [0.2, 0.25) is 0 Å². The van der Waals surface area contributed by atoms with Gasteiger partial charge in [0, 0.05) is 11.8 Å². The zero-order chi connectivity index (χ0) is 17.7. The maximum Gasteiger partial charge on any atom is 0.305 e. The molecule has 0 aromatic rings. The van der Waals surface area contributed by atoms with Crippen LogP contribution in [0.15, 0.2) is 0 Å². The van der Waals surface area contributed by atoms with Crippen molar-refractivity contribution in [1.82, 2.24) is 0 Å². The number of carbonyl (C=O) groups is 1. The number of ether oxygens (including phenoxy) is 1. The van der Waals surface area contributed by atoms with E-state index in [9.17, 15) is 4.79 Å². The molecule has 0 atom stereocenters. The molecule has 0 heterocycles. The van der Waals surface area contributed by atoms with Crippen LogP contribution in [0.3, 0.4) is 0 Å². The van der Waals surface area contributed by atoms with E-state index in [0.717, 1.165) is 18.2 Å². The number of rotatable bonds is 19. The van der Waals surface area contributed by atoms with E-state index < -0.39 is 0 Å². The fourth-order valence-electron chi connectivity index (χ4n) is 2.92. The summed E-state index contributed by atoms with van der Waals surface area (Å²) in [5.74, 6) is 0.00820. The van der Waals surface area contributed by atoms with Gasteiger partial charge in [-0.2, -0.15) is 0 Å². The minimum absolute atomic E-state index is 0.00820. The lowest BCUT2D eigenvalue weighted by Crippen LogP contribution is -2.05. The van der Waals surface area contributed by atoms with E-state index in [1.807, 2.05) is 0 Å². The van der Waals surface area contributed by atoms with Crippen LogP contribution in [0.1, 0.15) is 116 Å². The van der Waals surface area contributed by atoms with Crippen molar-refractivity contribution in [2.75, 3.05) is 11.9 Å². The second-order valence-corrected chi connectivity index (χ2v) is 7.76. The second kappa shape index (κ2) is 21.0. The number of carbonyl (C=O) groups excluding carboxylic acids is 1. The third kappa shape index (κ3) is 20.0. The highest BCUT2D eigenvalue weighted by molar-refractivity contribution is 9.09. The van der Waals surface area contributed by atoms with Gasteiger partial charge in [0.15, 0.2) is 0 Å². The first kappa shape index (κ1) is 23.9. The van der Waals surface area contributed by atoms with Crippen LogP contribution in [0, 0.1) is 0 Å². The van der Waals surface area contributed by atoms with Crippen LogP contribution in [0.5, 0.6) is 0 Å². The molecule has 0 aromatic heterocycles. The molecule has 0 radical (unpaired) electrons. The van der Waals surface area contributed by atoms with Crippen LogP contribution in [-0.2, 0) is 9.53 Å². The average Bonchev–Trinajstić information content (AvgIpc) is 2.59. The molecule has 0 saturated carbocycles. The van der Waals surface area contributed by atoms with Crippen molar-refractivity contribution in [3.05, 3.63) is 0 Å². The molecule has 0 aliphatic heterocycles. The van der Waals surface area contributed by atoms with Crippen molar-refractivity contribution < 1.29 is 9.53 Å². The van der Waals surface area contributed by atoms with E-state index in [-0.39, 0.29) is 5.97 Å². The summed E-state index contributed by atoms with van der Waals surface area (Å²) in [5, 5.41) is 1.12. The predicted octanol–water partition coefficient (Wildman–Crippen LogP) is 7.58. The molecule has 0 aliphatic rings. The predicted molar refractivity (Wildman–Crippen MR) is 109 cm³/mol. The summed E-state index contributed by atoms with van der Waals surface area (Å²) >= 11 is 3.46. The molecule has 2 nitrogen and oxygen atoms in total. The topological polar surface area (TPSA) is 26.3 Å². The largest absolute Gasteiger partial charge is 0.466 e. The molecule has 144 valence electrons.